The van der Waals surface area contributed by atoms with Crippen molar-refractivity contribution < 1.29 is 19.4 Å². The molecule has 0 bridgehead atoms. The molecule has 1 unspecified atom stereocenters. The number of hydrogen-bond donors (Lipinski definition) is 3. The van der Waals surface area contributed by atoms with Crippen LogP contribution in [0, 0.1) is 0 Å². The molecule has 0 spiro atoms. The highest BCUT2D eigenvalue weighted by atomic mass is 16.5. The van der Waals surface area contributed by atoms with E-state index in [0.29, 0.717) is 6.54 Å². The summed E-state index contributed by atoms with van der Waals surface area (Å²) in [6, 6.07) is -0.382. The number of hydrogen-bond acceptors (Lipinski definition) is 4. The molecule has 7 heteroatoms. The SMILES string of the molecule is COC(CNC(=O)NCCCN(C)C)C(=O)O. The fourth-order valence-corrected chi connectivity index (χ4v) is 1.12. The Labute approximate surface area is 101 Å². The molecule has 0 saturated heterocycles. The molecule has 0 aliphatic rings. The van der Waals surface area contributed by atoms with Crippen molar-refractivity contribution in [1.82, 2.24) is 15.5 Å². The first-order valence-electron chi connectivity index (χ1n) is 5.39. The van der Waals surface area contributed by atoms with Gasteiger partial charge in [0, 0.05) is 13.7 Å². The van der Waals surface area contributed by atoms with Crippen LogP contribution in [0.5, 0.6) is 0 Å². The number of nitrogens with one attached hydrogen (secondary N) is 2. The number of carbonyl (C=O) groups excluding carboxylic acids is 1. The minimum absolute atomic E-state index is 0.0503. The van der Waals surface area contributed by atoms with E-state index in [-0.39, 0.29) is 12.6 Å². The number of aliphatic carboxylic acids is 1. The normalized spacial score (nSPS) is 12.2. The number of nitrogens with zero attached hydrogens (tertiary/aromatic N) is 1. The van der Waals surface area contributed by atoms with Gasteiger partial charge in [0.1, 0.15) is 0 Å². The lowest BCUT2D eigenvalue weighted by Gasteiger charge is -2.13. The zero-order chi connectivity index (χ0) is 13.3. The van der Waals surface area contributed by atoms with Crippen LogP contribution in [0.4, 0.5) is 4.79 Å². The number of carbonyl (C=O) groups is 2. The van der Waals surface area contributed by atoms with Crippen LogP contribution in [0.2, 0.25) is 0 Å². The summed E-state index contributed by atoms with van der Waals surface area (Å²) in [6.07, 6.45) is -0.171. The predicted octanol–water partition coefficient (Wildman–Crippen LogP) is -0.663. The number of carboxylic acids is 1. The van der Waals surface area contributed by atoms with Gasteiger partial charge in [0.2, 0.25) is 0 Å². The van der Waals surface area contributed by atoms with Crippen molar-refractivity contribution >= 4 is 12.0 Å². The van der Waals surface area contributed by atoms with Gasteiger partial charge >= 0.3 is 12.0 Å². The molecule has 1 atom stereocenters. The second-order valence-corrected chi connectivity index (χ2v) is 3.86. The third kappa shape index (κ3) is 8.47. The Hall–Kier alpha value is -1.34. The Morgan fingerprint density at radius 1 is 1.35 bits per heavy atom. The van der Waals surface area contributed by atoms with Crippen LogP contribution >= 0.6 is 0 Å². The van der Waals surface area contributed by atoms with Gasteiger partial charge in [-0.2, -0.15) is 0 Å². The number of urea groups is 1. The average Bonchev–Trinajstić information content (AvgIpc) is 2.24. The second-order valence-electron chi connectivity index (χ2n) is 3.86. The van der Waals surface area contributed by atoms with Crippen LogP contribution in [-0.4, -0.2) is 69.0 Å². The molecule has 0 aromatic carbocycles. The van der Waals surface area contributed by atoms with Gasteiger partial charge in [-0.25, -0.2) is 9.59 Å². The Balaban J connectivity index is 3.62. The number of methoxy groups -OCH3 is 1. The zero-order valence-corrected chi connectivity index (χ0v) is 10.5. The average molecular weight is 247 g/mol. The molecule has 100 valence electrons. The van der Waals surface area contributed by atoms with Gasteiger partial charge in [0.15, 0.2) is 6.10 Å². The van der Waals surface area contributed by atoms with E-state index in [9.17, 15) is 9.59 Å². The highest BCUT2D eigenvalue weighted by Gasteiger charge is 2.16. The molecule has 0 rings (SSSR count). The predicted molar refractivity (Wildman–Crippen MR) is 63.0 cm³/mol. The molecule has 2 amide bonds. The number of rotatable bonds is 8. The molecule has 0 radical (unpaired) electrons. The molecule has 0 heterocycles. The van der Waals surface area contributed by atoms with Crippen molar-refractivity contribution in [2.75, 3.05) is 40.8 Å². The Morgan fingerprint density at radius 3 is 2.47 bits per heavy atom. The van der Waals surface area contributed by atoms with E-state index in [0.717, 1.165) is 13.0 Å². The molecular weight excluding hydrogens is 226 g/mol. The van der Waals surface area contributed by atoms with E-state index < -0.39 is 12.1 Å². The van der Waals surface area contributed by atoms with E-state index in [2.05, 4.69) is 15.4 Å². The van der Waals surface area contributed by atoms with Crippen molar-refractivity contribution in [2.45, 2.75) is 12.5 Å². The highest BCUT2D eigenvalue weighted by molar-refractivity contribution is 5.76. The summed E-state index contributed by atoms with van der Waals surface area (Å²) in [5.41, 5.74) is 0. The van der Waals surface area contributed by atoms with Gasteiger partial charge < -0.3 is 25.4 Å². The topological polar surface area (TPSA) is 90.9 Å². The molecular formula is C10H21N3O4. The first kappa shape index (κ1) is 15.7. The minimum atomic E-state index is -1.10. The van der Waals surface area contributed by atoms with E-state index >= 15 is 0 Å². The van der Waals surface area contributed by atoms with Crippen LogP contribution < -0.4 is 10.6 Å². The molecule has 0 fully saturated rings. The fraction of sp³-hybridized carbons (Fsp3) is 0.800. The Morgan fingerprint density at radius 2 is 2.00 bits per heavy atom. The molecule has 0 aromatic rings. The van der Waals surface area contributed by atoms with Crippen LogP contribution in [0.25, 0.3) is 0 Å². The summed E-state index contributed by atoms with van der Waals surface area (Å²) in [6.45, 7) is 1.39. The van der Waals surface area contributed by atoms with Gasteiger partial charge in [-0.05, 0) is 27.1 Å². The van der Waals surface area contributed by atoms with Crippen LogP contribution in [0.3, 0.4) is 0 Å². The quantitative estimate of drug-likeness (QED) is 0.495. The first-order chi connectivity index (χ1) is 7.97. The van der Waals surface area contributed by atoms with Crippen LogP contribution in [-0.2, 0) is 9.53 Å². The smallest absolute Gasteiger partial charge is 0.334 e. The van der Waals surface area contributed by atoms with Crippen molar-refractivity contribution in [1.29, 1.82) is 0 Å². The maximum absolute atomic E-state index is 11.2. The second kappa shape index (κ2) is 8.77. The van der Waals surface area contributed by atoms with Crippen molar-refractivity contribution in [3.05, 3.63) is 0 Å². The third-order valence-corrected chi connectivity index (χ3v) is 2.08. The van der Waals surface area contributed by atoms with Crippen LogP contribution in [0.1, 0.15) is 6.42 Å². The molecule has 0 aromatic heterocycles. The van der Waals surface area contributed by atoms with E-state index in [1.54, 1.807) is 0 Å². The lowest BCUT2D eigenvalue weighted by atomic mass is 10.3. The lowest BCUT2D eigenvalue weighted by molar-refractivity contribution is -0.147. The van der Waals surface area contributed by atoms with Gasteiger partial charge in [-0.15, -0.1) is 0 Å². The maximum Gasteiger partial charge on any atom is 0.334 e. The Kier molecular flexibility index (Phi) is 8.08. The van der Waals surface area contributed by atoms with Gasteiger partial charge in [0.25, 0.3) is 0 Å². The molecule has 3 N–H and O–H groups in total. The summed E-state index contributed by atoms with van der Waals surface area (Å²) >= 11 is 0. The van der Waals surface area contributed by atoms with E-state index in [4.69, 9.17) is 5.11 Å². The van der Waals surface area contributed by atoms with Crippen molar-refractivity contribution in [3.63, 3.8) is 0 Å². The molecule has 17 heavy (non-hydrogen) atoms. The zero-order valence-electron chi connectivity index (χ0n) is 10.5. The molecule has 7 nitrogen and oxygen atoms in total. The van der Waals surface area contributed by atoms with E-state index in [1.807, 2.05) is 19.0 Å². The largest absolute Gasteiger partial charge is 0.479 e. The van der Waals surface area contributed by atoms with Crippen molar-refractivity contribution in [2.24, 2.45) is 0 Å². The summed E-state index contributed by atoms with van der Waals surface area (Å²) < 4.78 is 4.67. The summed E-state index contributed by atoms with van der Waals surface area (Å²) in [5.74, 6) is -1.10. The summed E-state index contributed by atoms with van der Waals surface area (Å²) in [7, 11) is 5.20. The third-order valence-electron chi connectivity index (χ3n) is 2.08. The maximum atomic E-state index is 11.2. The van der Waals surface area contributed by atoms with Crippen LogP contribution in [0.15, 0.2) is 0 Å². The standard InChI is InChI=1S/C10H21N3O4/c1-13(2)6-4-5-11-10(16)12-7-8(17-3)9(14)15/h8H,4-7H2,1-3H3,(H,14,15)(H2,11,12,16). The van der Waals surface area contributed by atoms with Gasteiger partial charge in [-0.1, -0.05) is 0 Å². The van der Waals surface area contributed by atoms with Gasteiger partial charge in [0.05, 0.1) is 6.54 Å². The first-order valence-corrected chi connectivity index (χ1v) is 5.39. The summed E-state index contributed by atoms with van der Waals surface area (Å²) in [4.78, 5) is 23.8. The number of carboxylic acid groups (broad SMARTS) is 1. The minimum Gasteiger partial charge on any atom is -0.479 e. The van der Waals surface area contributed by atoms with E-state index in [1.165, 1.54) is 7.11 Å². The number of amides is 2. The molecule has 0 aliphatic heterocycles. The van der Waals surface area contributed by atoms with Gasteiger partial charge in [-0.3, -0.25) is 0 Å². The monoisotopic (exact) mass is 247 g/mol. The molecule has 0 saturated carbocycles. The van der Waals surface area contributed by atoms with Crippen molar-refractivity contribution in [3.8, 4) is 0 Å². The highest BCUT2D eigenvalue weighted by Crippen LogP contribution is 1.87. The summed E-state index contributed by atoms with van der Waals surface area (Å²) in [5, 5.41) is 13.7. The molecule has 0 aliphatic carbocycles. The fourth-order valence-electron chi connectivity index (χ4n) is 1.12. The Bertz CT molecular complexity index is 246. The number of ether oxygens (including phenoxy) is 1. The lowest BCUT2D eigenvalue weighted by Crippen LogP contribution is -2.43.